The third kappa shape index (κ3) is 6.51. The summed E-state index contributed by atoms with van der Waals surface area (Å²) in [5.41, 5.74) is 1.37. The summed E-state index contributed by atoms with van der Waals surface area (Å²) in [6.07, 6.45) is 2.72. The lowest BCUT2D eigenvalue weighted by molar-refractivity contribution is -0.136. The molecular weight excluding hydrogens is 457 g/mol. The Balaban J connectivity index is 1.68. The van der Waals surface area contributed by atoms with Crippen molar-refractivity contribution in [3.05, 3.63) is 57.7 Å². The number of carbonyl (C=O) groups is 1. The third-order valence-corrected chi connectivity index (χ3v) is 4.87. The minimum Gasteiger partial charge on any atom is -0.481 e. The van der Waals surface area contributed by atoms with Crippen LogP contribution < -0.4 is 14.2 Å². The fraction of sp³-hybridized carbons (Fsp3) is 0.318. The van der Waals surface area contributed by atoms with Gasteiger partial charge in [-0.05, 0) is 44.0 Å². The molecule has 170 valence electrons. The second-order valence-electron chi connectivity index (χ2n) is 6.88. The first-order chi connectivity index (χ1) is 15.4. The minimum atomic E-state index is -0.939. The van der Waals surface area contributed by atoms with Crippen molar-refractivity contribution in [2.24, 2.45) is 7.05 Å². The molecule has 0 fully saturated rings. The van der Waals surface area contributed by atoms with E-state index in [2.05, 4.69) is 10.1 Å². The number of aliphatic carboxylic acids is 1. The minimum absolute atomic E-state index is 0.147. The fourth-order valence-corrected chi connectivity index (χ4v) is 3.42. The highest BCUT2D eigenvalue weighted by Gasteiger charge is 2.14. The molecule has 0 atom stereocenters. The average molecular weight is 480 g/mol. The number of ether oxygens (including phenoxy) is 3. The molecule has 2 heterocycles. The molecule has 3 aromatic rings. The molecule has 0 aliphatic carbocycles. The predicted molar refractivity (Wildman–Crippen MR) is 120 cm³/mol. The first-order valence-corrected chi connectivity index (χ1v) is 10.7. The Hall–Kier alpha value is -2.97. The van der Waals surface area contributed by atoms with Crippen molar-refractivity contribution in [3.63, 3.8) is 0 Å². The van der Waals surface area contributed by atoms with Crippen LogP contribution in [0.2, 0.25) is 10.0 Å². The topological polar surface area (TPSA) is 95.7 Å². The summed E-state index contributed by atoms with van der Waals surface area (Å²) in [5.74, 6) is 0.639. The third-order valence-electron chi connectivity index (χ3n) is 4.34. The molecule has 3 rings (SSSR count). The van der Waals surface area contributed by atoms with E-state index in [1.807, 2.05) is 13.0 Å². The van der Waals surface area contributed by atoms with Crippen LogP contribution in [-0.2, 0) is 24.7 Å². The van der Waals surface area contributed by atoms with Crippen LogP contribution in [0.3, 0.4) is 0 Å². The summed E-state index contributed by atoms with van der Waals surface area (Å²) >= 11 is 12.2. The number of carboxylic acids is 1. The molecule has 0 amide bonds. The second-order valence-corrected chi connectivity index (χ2v) is 7.72. The molecule has 0 bridgehead atoms. The van der Waals surface area contributed by atoms with Gasteiger partial charge in [0, 0.05) is 35.5 Å². The lowest BCUT2D eigenvalue weighted by Gasteiger charge is -2.13. The number of rotatable bonds is 11. The SMILES string of the molecule is CCOc1ccc(CCCOc2nn(C)cc2CC(=O)O)c(Oc2ccc(Cl)cc2Cl)n1. The molecule has 0 saturated heterocycles. The van der Waals surface area contributed by atoms with Crippen LogP contribution in [0.15, 0.2) is 36.5 Å². The van der Waals surface area contributed by atoms with Crippen molar-refractivity contribution < 1.29 is 24.1 Å². The summed E-state index contributed by atoms with van der Waals surface area (Å²) in [6.45, 7) is 2.70. The van der Waals surface area contributed by atoms with Crippen LogP contribution in [0.25, 0.3) is 0 Å². The van der Waals surface area contributed by atoms with Gasteiger partial charge in [0.25, 0.3) is 0 Å². The number of halogens is 2. The Kier molecular flexibility index (Phi) is 8.19. The summed E-state index contributed by atoms with van der Waals surface area (Å²) in [4.78, 5) is 15.5. The largest absolute Gasteiger partial charge is 0.481 e. The Morgan fingerprint density at radius 3 is 2.66 bits per heavy atom. The number of nitrogens with zero attached hydrogens (tertiary/aromatic N) is 3. The Labute approximate surface area is 195 Å². The van der Waals surface area contributed by atoms with Gasteiger partial charge in [-0.2, -0.15) is 4.98 Å². The van der Waals surface area contributed by atoms with Crippen LogP contribution in [0.1, 0.15) is 24.5 Å². The summed E-state index contributed by atoms with van der Waals surface area (Å²) < 4.78 is 18.7. The van der Waals surface area contributed by atoms with Gasteiger partial charge in [0.1, 0.15) is 5.75 Å². The maximum absolute atomic E-state index is 11.0. The van der Waals surface area contributed by atoms with Crippen molar-refractivity contribution in [1.82, 2.24) is 14.8 Å². The van der Waals surface area contributed by atoms with Gasteiger partial charge >= 0.3 is 5.97 Å². The van der Waals surface area contributed by atoms with Gasteiger partial charge in [0.05, 0.1) is 24.7 Å². The molecule has 0 aliphatic rings. The lowest BCUT2D eigenvalue weighted by Crippen LogP contribution is -2.06. The van der Waals surface area contributed by atoms with E-state index >= 15 is 0 Å². The summed E-state index contributed by atoms with van der Waals surface area (Å²) in [7, 11) is 1.72. The van der Waals surface area contributed by atoms with E-state index in [1.54, 1.807) is 37.5 Å². The number of hydrogen-bond donors (Lipinski definition) is 1. The van der Waals surface area contributed by atoms with Crippen LogP contribution >= 0.6 is 23.2 Å². The van der Waals surface area contributed by atoms with Gasteiger partial charge in [-0.15, -0.1) is 5.10 Å². The Bertz CT molecular complexity index is 1090. The highest BCUT2D eigenvalue weighted by atomic mass is 35.5. The molecule has 0 radical (unpaired) electrons. The maximum Gasteiger partial charge on any atom is 0.308 e. The Morgan fingerprint density at radius 1 is 1.12 bits per heavy atom. The first-order valence-electron chi connectivity index (χ1n) is 9.98. The zero-order chi connectivity index (χ0) is 23.1. The number of pyridine rings is 1. The van der Waals surface area contributed by atoms with E-state index in [9.17, 15) is 4.79 Å². The molecule has 32 heavy (non-hydrogen) atoms. The smallest absolute Gasteiger partial charge is 0.308 e. The molecule has 0 spiro atoms. The molecule has 2 aromatic heterocycles. The van der Waals surface area contributed by atoms with E-state index in [4.69, 9.17) is 42.5 Å². The molecule has 0 saturated carbocycles. The number of aromatic nitrogens is 3. The van der Waals surface area contributed by atoms with Crippen LogP contribution in [-0.4, -0.2) is 39.1 Å². The maximum atomic E-state index is 11.0. The van der Waals surface area contributed by atoms with E-state index in [1.165, 1.54) is 4.68 Å². The van der Waals surface area contributed by atoms with Crippen molar-refractivity contribution in [2.45, 2.75) is 26.2 Å². The van der Waals surface area contributed by atoms with E-state index in [-0.39, 0.29) is 6.42 Å². The van der Waals surface area contributed by atoms with Crippen LogP contribution in [0.4, 0.5) is 0 Å². The number of benzene rings is 1. The van der Waals surface area contributed by atoms with Crippen LogP contribution in [0, 0.1) is 0 Å². The molecular formula is C22H23Cl2N3O5. The van der Waals surface area contributed by atoms with Gasteiger partial charge in [-0.3, -0.25) is 9.48 Å². The molecule has 1 N–H and O–H groups in total. The molecule has 0 unspecified atom stereocenters. The van der Waals surface area contributed by atoms with Gasteiger partial charge in [0.2, 0.25) is 17.6 Å². The molecule has 1 aromatic carbocycles. The molecule has 10 heteroatoms. The van der Waals surface area contributed by atoms with E-state index in [0.29, 0.717) is 65.1 Å². The monoisotopic (exact) mass is 479 g/mol. The van der Waals surface area contributed by atoms with E-state index < -0.39 is 5.97 Å². The second kappa shape index (κ2) is 11.1. The van der Waals surface area contributed by atoms with E-state index in [0.717, 1.165) is 5.56 Å². The van der Waals surface area contributed by atoms with Crippen molar-refractivity contribution in [2.75, 3.05) is 13.2 Å². The van der Waals surface area contributed by atoms with Crippen molar-refractivity contribution in [3.8, 4) is 23.4 Å². The number of aryl methyl sites for hydroxylation is 2. The lowest BCUT2D eigenvalue weighted by atomic mass is 10.1. The van der Waals surface area contributed by atoms with Gasteiger partial charge in [0.15, 0.2) is 0 Å². The molecule has 8 nitrogen and oxygen atoms in total. The summed E-state index contributed by atoms with van der Waals surface area (Å²) in [6, 6.07) is 8.62. The summed E-state index contributed by atoms with van der Waals surface area (Å²) in [5, 5.41) is 14.1. The Morgan fingerprint density at radius 2 is 1.94 bits per heavy atom. The quantitative estimate of drug-likeness (QED) is 0.388. The van der Waals surface area contributed by atoms with Gasteiger partial charge in [-0.1, -0.05) is 23.2 Å². The average Bonchev–Trinajstić information content (AvgIpc) is 3.07. The van der Waals surface area contributed by atoms with Gasteiger partial charge < -0.3 is 19.3 Å². The highest BCUT2D eigenvalue weighted by molar-refractivity contribution is 6.35. The number of hydrogen-bond acceptors (Lipinski definition) is 6. The van der Waals surface area contributed by atoms with Crippen LogP contribution in [0.5, 0.6) is 23.4 Å². The predicted octanol–water partition coefficient (Wildman–Crippen LogP) is 4.95. The molecule has 0 aliphatic heterocycles. The standard InChI is InChI=1S/C22H23Cl2N3O5/c1-3-30-19-9-6-14(21(25-19)32-18-8-7-16(23)12-17(18)24)5-4-10-31-22-15(11-20(28)29)13-27(2)26-22/h6-9,12-13H,3-5,10-11H2,1-2H3,(H,28,29). The fourth-order valence-electron chi connectivity index (χ4n) is 2.98. The van der Waals surface area contributed by atoms with Crippen molar-refractivity contribution >= 4 is 29.2 Å². The zero-order valence-corrected chi connectivity index (χ0v) is 19.2. The highest BCUT2D eigenvalue weighted by Crippen LogP contribution is 2.33. The number of carboxylic acid groups (broad SMARTS) is 1. The van der Waals surface area contributed by atoms with Crippen molar-refractivity contribution in [1.29, 1.82) is 0 Å². The van der Waals surface area contributed by atoms with Gasteiger partial charge in [-0.25, -0.2) is 0 Å². The normalized spacial score (nSPS) is 10.8. The first kappa shape index (κ1) is 23.7. The zero-order valence-electron chi connectivity index (χ0n) is 17.7.